The molecule has 0 aliphatic heterocycles. The smallest absolute Gasteiger partial charge is 0.111 e. The molecule has 2 heterocycles. The molecule has 2 aromatic heterocycles. The fraction of sp³-hybridized carbons (Fsp3) is 0.267. The van der Waals surface area contributed by atoms with Crippen LogP contribution in [-0.2, 0) is 13.5 Å². The van der Waals surface area contributed by atoms with Crippen LogP contribution in [0.15, 0.2) is 35.7 Å². The number of nitrogens with two attached hydrogens (primary N) is 1. The van der Waals surface area contributed by atoms with Crippen LogP contribution >= 0.6 is 11.3 Å². The van der Waals surface area contributed by atoms with Crippen molar-refractivity contribution in [3.8, 4) is 0 Å². The number of hydrazine groups is 1. The normalized spacial score (nSPS) is 12.9. The Kier molecular flexibility index (Phi) is 3.56. The van der Waals surface area contributed by atoms with E-state index in [-0.39, 0.29) is 6.04 Å². The molecule has 0 fully saturated rings. The number of para-hydroxylation sites is 2. The van der Waals surface area contributed by atoms with Gasteiger partial charge in [-0.2, -0.15) is 0 Å². The van der Waals surface area contributed by atoms with Crippen molar-refractivity contribution in [2.24, 2.45) is 12.9 Å². The van der Waals surface area contributed by atoms with Crippen LogP contribution in [0.2, 0.25) is 0 Å². The van der Waals surface area contributed by atoms with Gasteiger partial charge in [-0.3, -0.25) is 11.3 Å². The molecule has 3 aromatic rings. The van der Waals surface area contributed by atoms with E-state index in [0.717, 1.165) is 23.3 Å². The molecule has 0 aliphatic rings. The molecule has 1 unspecified atom stereocenters. The van der Waals surface area contributed by atoms with Crippen LogP contribution in [0.4, 0.5) is 0 Å². The first kappa shape index (κ1) is 13.3. The summed E-state index contributed by atoms with van der Waals surface area (Å²) in [7, 11) is 2.06. The Morgan fingerprint density at radius 1 is 1.35 bits per heavy atom. The fourth-order valence-corrected chi connectivity index (χ4v) is 3.52. The monoisotopic (exact) mass is 286 g/mol. The maximum Gasteiger partial charge on any atom is 0.111 e. The Labute approximate surface area is 122 Å². The summed E-state index contributed by atoms with van der Waals surface area (Å²) in [4.78, 5) is 5.99. The topological polar surface area (TPSA) is 55.9 Å². The predicted octanol–water partition coefficient (Wildman–Crippen LogP) is 2.69. The van der Waals surface area contributed by atoms with Crippen molar-refractivity contribution in [2.75, 3.05) is 0 Å². The quantitative estimate of drug-likeness (QED) is 0.573. The van der Waals surface area contributed by atoms with Crippen molar-refractivity contribution in [3.05, 3.63) is 52.0 Å². The molecular formula is C15H18N4S. The highest BCUT2D eigenvalue weighted by Gasteiger charge is 2.17. The number of benzene rings is 1. The number of hydrogen-bond donors (Lipinski definition) is 2. The molecule has 5 heteroatoms. The zero-order valence-corrected chi connectivity index (χ0v) is 12.4. The number of nitrogens with zero attached hydrogens (tertiary/aromatic N) is 2. The van der Waals surface area contributed by atoms with Crippen molar-refractivity contribution in [3.63, 3.8) is 0 Å². The van der Waals surface area contributed by atoms with Gasteiger partial charge in [-0.15, -0.1) is 11.3 Å². The maximum atomic E-state index is 5.74. The Bertz CT molecular complexity index is 728. The van der Waals surface area contributed by atoms with Gasteiger partial charge in [0.1, 0.15) is 5.82 Å². The summed E-state index contributed by atoms with van der Waals surface area (Å²) in [6.07, 6.45) is 0.781. The van der Waals surface area contributed by atoms with E-state index in [0.29, 0.717) is 0 Å². The number of aromatic nitrogens is 2. The lowest BCUT2D eigenvalue weighted by molar-refractivity contribution is 0.538. The Hall–Kier alpha value is -1.69. The van der Waals surface area contributed by atoms with Crippen molar-refractivity contribution in [2.45, 2.75) is 19.4 Å². The van der Waals surface area contributed by atoms with Crippen LogP contribution in [0.25, 0.3) is 11.0 Å². The van der Waals surface area contributed by atoms with Crippen molar-refractivity contribution in [1.29, 1.82) is 0 Å². The second kappa shape index (κ2) is 5.36. The fourth-order valence-electron chi connectivity index (χ4n) is 2.53. The van der Waals surface area contributed by atoms with Gasteiger partial charge in [0.2, 0.25) is 0 Å². The van der Waals surface area contributed by atoms with Gasteiger partial charge in [0.05, 0.1) is 17.1 Å². The van der Waals surface area contributed by atoms with Gasteiger partial charge in [-0.25, -0.2) is 4.98 Å². The number of aryl methyl sites for hydroxylation is 2. The first-order valence-corrected chi connectivity index (χ1v) is 7.49. The lowest BCUT2D eigenvalue weighted by atomic mass is 10.1. The molecule has 1 aromatic carbocycles. The molecule has 1 atom stereocenters. The second-order valence-electron chi connectivity index (χ2n) is 4.97. The summed E-state index contributed by atoms with van der Waals surface area (Å²) in [5.41, 5.74) is 6.38. The largest absolute Gasteiger partial charge is 0.331 e. The number of rotatable bonds is 4. The summed E-state index contributed by atoms with van der Waals surface area (Å²) in [5, 5.41) is 2.10. The molecule has 0 saturated carbocycles. The van der Waals surface area contributed by atoms with Crippen LogP contribution in [0, 0.1) is 6.92 Å². The average molecular weight is 286 g/mol. The van der Waals surface area contributed by atoms with E-state index >= 15 is 0 Å². The van der Waals surface area contributed by atoms with Crippen LogP contribution in [-0.4, -0.2) is 9.55 Å². The van der Waals surface area contributed by atoms with E-state index in [9.17, 15) is 0 Å². The molecule has 20 heavy (non-hydrogen) atoms. The summed E-state index contributed by atoms with van der Waals surface area (Å²) in [6, 6.07) is 10.4. The first-order chi connectivity index (χ1) is 9.70. The van der Waals surface area contributed by atoms with Crippen LogP contribution in [0.3, 0.4) is 0 Å². The molecule has 4 nitrogen and oxygen atoms in total. The van der Waals surface area contributed by atoms with Crippen LogP contribution < -0.4 is 11.3 Å². The zero-order valence-electron chi connectivity index (χ0n) is 11.6. The minimum atomic E-state index is 0.102. The van der Waals surface area contributed by atoms with E-state index in [1.807, 2.05) is 18.2 Å². The standard InChI is InChI=1S/C15H18N4S/c1-10-7-8-20-15(10)12(18-16)9-14-17-11-5-3-4-6-13(11)19(14)2/h3-8,12,18H,9,16H2,1-2H3. The van der Waals surface area contributed by atoms with Crippen molar-refractivity contribution >= 4 is 22.4 Å². The molecule has 0 spiro atoms. The van der Waals surface area contributed by atoms with E-state index in [2.05, 4.69) is 41.5 Å². The molecule has 0 amide bonds. The number of hydrogen-bond acceptors (Lipinski definition) is 4. The summed E-state index contributed by atoms with van der Waals surface area (Å²) >= 11 is 1.73. The zero-order chi connectivity index (χ0) is 14.1. The minimum Gasteiger partial charge on any atom is -0.331 e. The molecule has 0 radical (unpaired) electrons. The maximum absolute atomic E-state index is 5.74. The van der Waals surface area contributed by atoms with Crippen LogP contribution in [0.5, 0.6) is 0 Å². The molecule has 0 saturated heterocycles. The minimum absolute atomic E-state index is 0.102. The van der Waals surface area contributed by atoms with E-state index < -0.39 is 0 Å². The molecule has 0 bridgehead atoms. The highest BCUT2D eigenvalue weighted by Crippen LogP contribution is 2.27. The lowest BCUT2D eigenvalue weighted by Gasteiger charge is -2.15. The Morgan fingerprint density at radius 3 is 2.80 bits per heavy atom. The first-order valence-electron chi connectivity index (χ1n) is 6.61. The Balaban J connectivity index is 1.95. The number of imidazole rings is 1. The third-order valence-electron chi connectivity index (χ3n) is 3.69. The molecule has 3 rings (SSSR count). The Morgan fingerprint density at radius 2 is 2.15 bits per heavy atom. The third kappa shape index (κ3) is 2.24. The van der Waals surface area contributed by atoms with Gasteiger partial charge in [0.25, 0.3) is 0 Å². The summed E-state index contributed by atoms with van der Waals surface area (Å²) < 4.78 is 2.14. The van der Waals surface area contributed by atoms with Crippen LogP contribution in [0.1, 0.15) is 22.3 Å². The van der Waals surface area contributed by atoms with Gasteiger partial charge in [-0.05, 0) is 36.1 Å². The van der Waals surface area contributed by atoms with E-state index in [1.165, 1.54) is 10.4 Å². The molecule has 3 N–H and O–H groups in total. The summed E-state index contributed by atoms with van der Waals surface area (Å²) in [6.45, 7) is 2.12. The van der Waals surface area contributed by atoms with E-state index in [4.69, 9.17) is 10.8 Å². The van der Waals surface area contributed by atoms with Gasteiger partial charge < -0.3 is 4.57 Å². The van der Waals surface area contributed by atoms with Gasteiger partial charge in [0, 0.05) is 18.3 Å². The average Bonchev–Trinajstić information content (AvgIpc) is 3.01. The number of nitrogens with one attached hydrogen (secondary N) is 1. The SMILES string of the molecule is Cc1ccsc1C(Cc1nc2ccccc2n1C)NN. The third-order valence-corrected chi connectivity index (χ3v) is 4.82. The molecule has 104 valence electrons. The van der Waals surface area contributed by atoms with E-state index in [1.54, 1.807) is 11.3 Å². The molecule has 0 aliphatic carbocycles. The highest BCUT2D eigenvalue weighted by molar-refractivity contribution is 7.10. The van der Waals surface area contributed by atoms with Gasteiger partial charge in [0.15, 0.2) is 0 Å². The van der Waals surface area contributed by atoms with Gasteiger partial charge in [-0.1, -0.05) is 12.1 Å². The lowest BCUT2D eigenvalue weighted by Crippen LogP contribution is -2.30. The number of fused-ring (bicyclic) bond motifs is 1. The summed E-state index contributed by atoms with van der Waals surface area (Å²) in [5.74, 6) is 6.79. The highest BCUT2D eigenvalue weighted by atomic mass is 32.1. The number of thiophene rings is 1. The molecular weight excluding hydrogens is 268 g/mol. The predicted molar refractivity (Wildman–Crippen MR) is 83.5 cm³/mol. The van der Waals surface area contributed by atoms with Gasteiger partial charge >= 0.3 is 0 Å². The van der Waals surface area contributed by atoms with Crippen molar-refractivity contribution in [1.82, 2.24) is 15.0 Å². The van der Waals surface area contributed by atoms with Crippen molar-refractivity contribution < 1.29 is 0 Å². The second-order valence-corrected chi connectivity index (χ2v) is 5.91.